The molecule has 2 N–H and O–H groups in total. The Morgan fingerprint density at radius 1 is 1.35 bits per heavy atom. The number of piperidine rings is 1. The fraction of sp³-hybridized carbons (Fsp3) is 0.571. The second kappa shape index (κ2) is 5.05. The van der Waals surface area contributed by atoms with Gasteiger partial charge < -0.3 is 10.6 Å². The Balaban J connectivity index is 2.30. The first-order valence-corrected chi connectivity index (χ1v) is 6.38. The normalized spacial score (nSPS) is 19.4. The number of nitrogens with zero attached hydrogens (tertiary/aromatic N) is 1. The van der Waals surface area contributed by atoms with Crippen molar-refractivity contribution in [2.45, 2.75) is 32.7 Å². The lowest BCUT2D eigenvalue weighted by atomic mass is 9.97. The van der Waals surface area contributed by atoms with Crippen LogP contribution in [0.25, 0.3) is 0 Å². The second-order valence-electron chi connectivity index (χ2n) is 5.14. The van der Waals surface area contributed by atoms with E-state index >= 15 is 0 Å². The van der Waals surface area contributed by atoms with E-state index in [4.69, 9.17) is 5.73 Å². The number of nitrogens with two attached hydrogens (primary N) is 1. The summed E-state index contributed by atoms with van der Waals surface area (Å²) in [5.74, 6) is 0.603. The van der Waals surface area contributed by atoms with Crippen molar-refractivity contribution in [3.63, 3.8) is 0 Å². The van der Waals surface area contributed by atoms with E-state index in [1.54, 1.807) is 6.07 Å². The Morgan fingerprint density at radius 2 is 2.00 bits per heavy atom. The van der Waals surface area contributed by atoms with Crippen LogP contribution in [0.4, 0.5) is 10.1 Å². The van der Waals surface area contributed by atoms with Gasteiger partial charge in [-0.2, -0.15) is 0 Å². The third-order valence-corrected chi connectivity index (χ3v) is 3.61. The van der Waals surface area contributed by atoms with Crippen LogP contribution in [0.5, 0.6) is 0 Å². The van der Waals surface area contributed by atoms with Gasteiger partial charge in [-0.3, -0.25) is 0 Å². The Labute approximate surface area is 103 Å². The molecule has 0 aliphatic carbocycles. The van der Waals surface area contributed by atoms with Crippen LogP contribution in [-0.4, -0.2) is 13.1 Å². The monoisotopic (exact) mass is 236 g/mol. The van der Waals surface area contributed by atoms with Crippen LogP contribution in [-0.2, 0) is 0 Å². The molecule has 0 radical (unpaired) electrons. The minimum absolute atomic E-state index is 0.125. The molecule has 2 rings (SSSR count). The molecule has 2 nitrogen and oxygen atoms in total. The second-order valence-corrected chi connectivity index (χ2v) is 5.14. The van der Waals surface area contributed by atoms with Crippen molar-refractivity contribution < 1.29 is 4.39 Å². The highest BCUT2D eigenvalue weighted by atomic mass is 19.1. The highest BCUT2D eigenvalue weighted by Crippen LogP contribution is 2.31. The minimum Gasteiger partial charge on any atom is -0.369 e. The molecule has 1 aromatic rings. The molecule has 0 aromatic heterocycles. The summed E-state index contributed by atoms with van der Waals surface area (Å²) in [6.45, 7) is 6.03. The van der Waals surface area contributed by atoms with Crippen LogP contribution >= 0.6 is 0 Å². The van der Waals surface area contributed by atoms with Crippen LogP contribution in [0.1, 0.15) is 38.3 Å². The Bertz CT molecular complexity index is 382. The van der Waals surface area contributed by atoms with Crippen molar-refractivity contribution in [2.24, 2.45) is 11.7 Å². The number of hydrogen-bond donors (Lipinski definition) is 1. The van der Waals surface area contributed by atoms with E-state index in [2.05, 4.69) is 11.8 Å². The predicted molar refractivity (Wildman–Crippen MR) is 69.6 cm³/mol. The molecule has 1 aliphatic rings. The summed E-state index contributed by atoms with van der Waals surface area (Å²) in [7, 11) is 0. The number of halogens is 1. The van der Waals surface area contributed by atoms with Crippen molar-refractivity contribution in [2.75, 3.05) is 18.0 Å². The van der Waals surface area contributed by atoms with Crippen LogP contribution in [0.3, 0.4) is 0 Å². The lowest BCUT2D eigenvalue weighted by Crippen LogP contribution is -2.34. The van der Waals surface area contributed by atoms with Crippen molar-refractivity contribution in [1.82, 2.24) is 0 Å². The summed E-state index contributed by atoms with van der Waals surface area (Å²) in [5, 5.41) is 0. The molecular weight excluding hydrogens is 215 g/mol. The van der Waals surface area contributed by atoms with Gasteiger partial charge in [-0.1, -0.05) is 19.1 Å². The van der Waals surface area contributed by atoms with E-state index in [0.29, 0.717) is 0 Å². The van der Waals surface area contributed by atoms with E-state index < -0.39 is 0 Å². The van der Waals surface area contributed by atoms with Gasteiger partial charge in [-0.25, -0.2) is 4.39 Å². The molecule has 0 saturated carbocycles. The highest BCUT2D eigenvalue weighted by Gasteiger charge is 2.22. The van der Waals surface area contributed by atoms with Crippen molar-refractivity contribution >= 4 is 5.69 Å². The van der Waals surface area contributed by atoms with Gasteiger partial charge >= 0.3 is 0 Å². The fourth-order valence-electron chi connectivity index (χ4n) is 2.47. The lowest BCUT2D eigenvalue weighted by molar-refractivity contribution is 0.433. The number of rotatable bonds is 2. The SMILES string of the molecule is CC1CCN(c2c(F)cccc2[C@H](C)N)CC1. The first-order chi connectivity index (χ1) is 8.09. The van der Waals surface area contributed by atoms with Gasteiger partial charge in [0.05, 0.1) is 5.69 Å². The molecule has 1 heterocycles. The van der Waals surface area contributed by atoms with E-state index in [1.807, 2.05) is 13.0 Å². The average Bonchev–Trinajstić information content (AvgIpc) is 2.30. The topological polar surface area (TPSA) is 29.3 Å². The van der Waals surface area contributed by atoms with Gasteiger partial charge in [0.2, 0.25) is 0 Å². The molecule has 17 heavy (non-hydrogen) atoms. The number of para-hydroxylation sites is 1. The smallest absolute Gasteiger partial charge is 0.146 e. The molecule has 1 atom stereocenters. The summed E-state index contributed by atoms with van der Waals surface area (Å²) >= 11 is 0. The van der Waals surface area contributed by atoms with Gasteiger partial charge in [0.15, 0.2) is 0 Å². The maximum Gasteiger partial charge on any atom is 0.146 e. The van der Waals surface area contributed by atoms with E-state index in [9.17, 15) is 4.39 Å². The first-order valence-electron chi connectivity index (χ1n) is 6.38. The Kier molecular flexibility index (Phi) is 3.67. The molecule has 0 spiro atoms. The quantitative estimate of drug-likeness (QED) is 0.855. The molecule has 1 aliphatic heterocycles. The third-order valence-electron chi connectivity index (χ3n) is 3.61. The first kappa shape index (κ1) is 12.4. The molecule has 1 fully saturated rings. The molecule has 3 heteroatoms. The maximum atomic E-state index is 14.0. The summed E-state index contributed by atoms with van der Waals surface area (Å²) < 4.78 is 14.0. The molecule has 1 saturated heterocycles. The minimum atomic E-state index is -0.144. The van der Waals surface area contributed by atoms with Gasteiger partial charge in [-0.15, -0.1) is 0 Å². The average molecular weight is 236 g/mol. The summed E-state index contributed by atoms with van der Waals surface area (Å²) in [6.07, 6.45) is 2.26. The van der Waals surface area contributed by atoms with Crippen LogP contribution < -0.4 is 10.6 Å². The Morgan fingerprint density at radius 3 is 2.59 bits per heavy atom. The molecular formula is C14H21FN2. The number of benzene rings is 1. The van der Waals surface area contributed by atoms with E-state index in [1.165, 1.54) is 6.07 Å². The zero-order valence-electron chi connectivity index (χ0n) is 10.6. The largest absolute Gasteiger partial charge is 0.369 e. The van der Waals surface area contributed by atoms with Gasteiger partial charge in [0.25, 0.3) is 0 Å². The molecule has 0 unspecified atom stereocenters. The maximum absolute atomic E-state index is 14.0. The zero-order chi connectivity index (χ0) is 12.4. The van der Waals surface area contributed by atoms with Gasteiger partial charge in [0, 0.05) is 19.1 Å². The van der Waals surface area contributed by atoms with Gasteiger partial charge in [0.1, 0.15) is 5.82 Å². The Hall–Kier alpha value is -1.09. The van der Waals surface area contributed by atoms with Crippen molar-refractivity contribution in [1.29, 1.82) is 0 Å². The summed E-state index contributed by atoms with van der Waals surface area (Å²) in [4.78, 5) is 2.15. The third kappa shape index (κ3) is 2.60. The standard InChI is InChI=1S/C14H21FN2/c1-10-6-8-17(9-7-10)14-12(11(2)16)4-3-5-13(14)15/h3-5,10-11H,6-9,16H2,1-2H3/t11-/m0/s1. The predicted octanol–water partition coefficient (Wildman–Crippen LogP) is 3.08. The highest BCUT2D eigenvalue weighted by molar-refractivity contribution is 5.56. The van der Waals surface area contributed by atoms with Gasteiger partial charge in [-0.05, 0) is 37.3 Å². The van der Waals surface area contributed by atoms with Crippen molar-refractivity contribution in [3.05, 3.63) is 29.6 Å². The van der Waals surface area contributed by atoms with Crippen LogP contribution in [0.15, 0.2) is 18.2 Å². The summed E-state index contributed by atoms with van der Waals surface area (Å²) in [5.41, 5.74) is 7.56. The van der Waals surface area contributed by atoms with Crippen LogP contribution in [0.2, 0.25) is 0 Å². The molecule has 94 valence electrons. The zero-order valence-corrected chi connectivity index (χ0v) is 10.6. The number of hydrogen-bond acceptors (Lipinski definition) is 2. The van der Waals surface area contributed by atoms with Crippen molar-refractivity contribution in [3.8, 4) is 0 Å². The van der Waals surface area contributed by atoms with Crippen LogP contribution in [0, 0.1) is 11.7 Å². The fourth-order valence-corrected chi connectivity index (χ4v) is 2.47. The van der Waals surface area contributed by atoms with E-state index in [0.717, 1.165) is 43.1 Å². The molecule has 0 bridgehead atoms. The van der Waals surface area contributed by atoms with E-state index in [-0.39, 0.29) is 11.9 Å². The number of anilines is 1. The molecule has 1 aromatic carbocycles. The molecule has 0 amide bonds. The lowest BCUT2D eigenvalue weighted by Gasteiger charge is -2.34. The summed E-state index contributed by atoms with van der Waals surface area (Å²) in [6, 6.07) is 5.07.